The van der Waals surface area contributed by atoms with Gasteiger partial charge in [0, 0.05) is 0 Å². The summed E-state index contributed by atoms with van der Waals surface area (Å²) in [7, 11) is 0. The van der Waals surface area contributed by atoms with Crippen molar-refractivity contribution in [3.05, 3.63) is 22.4 Å². The predicted octanol–water partition coefficient (Wildman–Crippen LogP) is 1.98. The zero-order valence-electron chi connectivity index (χ0n) is 9.48. The molecule has 0 saturated heterocycles. The first-order valence-corrected chi connectivity index (χ1v) is 5.77. The van der Waals surface area contributed by atoms with E-state index < -0.39 is 17.4 Å². The third kappa shape index (κ3) is 3.06. The fourth-order valence-corrected chi connectivity index (χ4v) is 1.89. The summed E-state index contributed by atoms with van der Waals surface area (Å²) >= 11 is 1.29. The van der Waals surface area contributed by atoms with Crippen molar-refractivity contribution in [1.82, 2.24) is 5.32 Å². The van der Waals surface area contributed by atoms with Crippen molar-refractivity contribution in [3.8, 4) is 0 Å². The van der Waals surface area contributed by atoms with Gasteiger partial charge >= 0.3 is 5.97 Å². The zero-order chi connectivity index (χ0) is 12.3. The van der Waals surface area contributed by atoms with Crippen LogP contribution in [0.5, 0.6) is 0 Å². The Hall–Kier alpha value is -1.36. The van der Waals surface area contributed by atoms with E-state index in [9.17, 15) is 9.59 Å². The van der Waals surface area contributed by atoms with Crippen LogP contribution in [-0.2, 0) is 4.79 Å². The number of thiophene rings is 1. The third-order valence-corrected chi connectivity index (χ3v) is 3.00. The summed E-state index contributed by atoms with van der Waals surface area (Å²) < 4.78 is 0. The van der Waals surface area contributed by atoms with Gasteiger partial charge in [0.05, 0.1) is 4.88 Å². The van der Waals surface area contributed by atoms with Gasteiger partial charge in [0.15, 0.2) is 0 Å². The monoisotopic (exact) mass is 241 g/mol. The molecule has 5 heteroatoms. The highest BCUT2D eigenvalue weighted by atomic mass is 32.1. The molecule has 0 bridgehead atoms. The van der Waals surface area contributed by atoms with E-state index in [-0.39, 0.29) is 5.91 Å². The number of carboxylic acid groups (broad SMARTS) is 1. The quantitative estimate of drug-likeness (QED) is 0.850. The van der Waals surface area contributed by atoms with Crippen LogP contribution in [0.3, 0.4) is 0 Å². The number of carbonyl (C=O) groups excluding carboxylic acids is 1. The van der Waals surface area contributed by atoms with E-state index in [1.807, 2.05) is 0 Å². The van der Waals surface area contributed by atoms with Crippen LogP contribution in [-0.4, -0.2) is 23.0 Å². The van der Waals surface area contributed by atoms with E-state index in [4.69, 9.17) is 5.11 Å². The molecule has 0 aromatic carbocycles. The first-order chi connectivity index (χ1) is 7.32. The second kappa shape index (κ2) is 4.65. The molecular weight excluding hydrogens is 226 g/mol. The first kappa shape index (κ1) is 12.7. The molecule has 2 N–H and O–H groups in total. The normalized spacial score (nSPS) is 13.2. The maximum atomic E-state index is 11.7. The summed E-state index contributed by atoms with van der Waals surface area (Å²) in [4.78, 5) is 23.3. The average molecular weight is 241 g/mol. The lowest BCUT2D eigenvalue weighted by Crippen LogP contribution is -2.48. The van der Waals surface area contributed by atoms with Crippen molar-refractivity contribution < 1.29 is 14.7 Å². The van der Waals surface area contributed by atoms with E-state index in [1.54, 1.807) is 38.3 Å². The molecule has 0 aliphatic carbocycles. The van der Waals surface area contributed by atoms with E-state index in [1.165, 1.54) is 11.3 Å². The lowest BCUT2D eigenvalue weighted by atomic mass is 9.87. The standard InChI is InChI=1S/C11H15NO3S/c1-11(2,3)8(10(14)15)12-9(13)7-5-4-6-16-7/h4-6,8H,1-3H3,(H,12,13)(H,14,15). The molecule has 0 radical (unpaired) electrons. The lowest BCUT2D eigenvalue weighted by Gasteiger charge is -2.27. The molecule has 1 aromatic heterocycles. The number of nitrogens with one attached hydrogen (secondary N) is 1. The van der Waals surface area contributed by atoms with Crippen LogP contribution in [0, 0.1) is 5.41 Å². The molecule has 1 rings (SSSR count). The topological polar surface area (TPSA) is 66.4 Å². The highest BCUT2D eigenvalue weighted by molar-refractivity contribution is 7.12. The van der Waals surface area contributed by atoms with Crippen molar-refractivity contribution in [1.29, 1.82) is 0 Å². The number of aliphatic carboxylic acids is 1. The van der Waals surface area contributed by atoms with Gasteiger partial charge in [0.2, 0.25) is 0 Å². The molecule has 4 nitrogen and oxygen atoms in total. The smallest absolute Gasteiger partial charge is 0.326 e. The summed E-state index contributed by atoms with van der Waals surface area (Å²) in [5.41, 5.74) is -0.515. The van der Waals surface area contributed by atoms with Crippen LogP contribution < -0.4 is 5.32 Å². The fourth-order valence-electron chi connectivity index (χ4n) is 1.26. The molecule has 1 atom stereocenters. The minimum absolute atomic E-state index is 0.336. The van der Waals surface area contributed by atoms with Gasteiger partial charge in [0.1, 0.15) is 6.04 Å². The van der Waals surface area contributed by atoms with Gasteiger partial charge in [-0.05, 0) is 16.9 Å². The Kier molecular flexibility index (Phi) is 3.70. The largest absolute Gasteiger partial charge is 0.480 e. The van der Waals surface area contributed by atoms with Gasteiger partial charge in [-0.25, -0.2) is 4.79 Å². The third-order valence-electron chi connectivity index (χ3n) is 2.13. The molecule has 0 spiro atoms. The fraction of sp³-hybridized carbons (Fsp3) is 0.455. The van der Waals surface area contributed by atoms with E-state index in [2.05, 4.69) is 5.32 Å². The number of rotatable bonds is 3. The molecule has 1 amide bonds. The molecule has 1 aromatic rings. The summed E-state index contributed by atoms with van der Waals surface area (Å²) in [5.74, 6) is -1.35. The summed E-state index contributed by atoms with van der Waals surface area (Å²) in [6, 6.07) is 2.54. The van der Waals surface area contributed by atoms with Crippen molar-refractivity contribution in [2.45, 2.75) is 26.8 Å². The molecule has 0 fully saturated rings. The second-order valence-electron chi connectivity index (χ2n) is 4.59. The Morgan fingerprint density at radius 1 is 1.44 bits per heavy atom. The lowest BCUT2D eigenvalue weighted by molar-refractivity contribution is -0.142. The zero-order valence-corrected chi connectivity index (χ0v) is 10.3. The molecule has 0 aliphatic heterocycles. The summed E-state index contributed by atoms with van der Waals surface area (Å²) in [6.45, 7) is 5.33. The van der Waals surface area contributed by atoms with Crippen LogP contribution in [0.1, 0.15) is 30.4 Å². The molecule has 16 heavy (non-hydrogen) atoms. The predicted molar refractivity (Wildman–Crippen MR) is 62.7 cm³/mol. The minimum Gasteiger partial charge on any atom is -0.480 e. The van der Waals surface area contributed by atoms with Gasteiger partial charge in [0.25, 0.3) is 5.91 Å². The number of carbonyl (C=O) groups is 2. The van der Waals surface area contributed by atoms with Gasteiger partial charge in [-0.1, -0.05) is 26.8 Å². The number of amides is 1. The average Bonchev–Trinajstić information content (AvgIpc) is 2.63. The maximum absolute atomic E-state index is 11.7. The second-order valence-corrected chi connectivity index (χ2v) is 5.54. The summed E-state index contributed by atoms with van der Waals surface area (Å²) in [6.07, 6.45) is 0. The molecule has 0 aliphatic rings. The molecule has 0 saturated carbocycles. The molecule has 1 heterocycles. The van der Waals surface area contributed by atoms with Gasteiger partial charge < -0.3 is 10.4 Å². The maximum Gasteiger partial charge on any atom is 0.326 e. The van der Waals surface area contributed by atoms with Crippen LogP contribution in [0.4, 0.5) is 0 Å². The van der Waals surface area contributed by atoms with E-state index in [0.29, 0.717) is 4.88 Å². The number of hydrogen-bond donors (Lipinski definition) is 2. The van der Waals surface area contributed by atoms with Crippen LogP contribution in [0.25, 0.3) is 0 Å². The highest BCUT2D eigenvalue weighted by Gasteiger charge is 2.32. The van der Waals surface area contributed by atoms with Gasteiger partial charge in [-0.3, -0.25) is 4.79 Å². The van der Waals surface area contributed by atoms with Crippen molar-refractivity contribution >= 4 is 23.2 Å². The van der Waals surface area contributed by atoms with Crippen molar-refractivity contribution in [2.24, 2.45) is 5.41 Å². The Morgan fingerprint density at radius 3 is 2.44 bits per heavy atom. The Labute approximate surface area is 98.3 Å². The van der Waals surface area contributed by atoms with Crippen LogP contribution in [0.2, 0.25) is 0 Å². The molecule has 1 unspecified atom stereocenters. The van der Waals surface area contributed by atoms with Gasteiger partial charge in [-0.2, -0.15) is 0 Å². The first-order valence-electron chi connectivity index (χ1n) is 4.89. The van der Waals surface area contributed by atoms with Crippen LogP contribution >= 0.6 is 11.3 Å². The molecular formula is C11H15NO3S. The Bertz CT molecular complexity index is 378. The van der Waals surface area contributed by atoms with Crippen LogP contribution in [0.15, 0.2) is 17.5 Å². The molecule has 88 valence electrons. The number of carboxylic acids is 1. The highest BCUT2D eigenvalue weighted by Crippen LogP contribution is 2.20. The van der Waals surface area contributed by atoms with Gasteiger partial charge in [-0.15, -0.1) is 11.3 Å². The Balaban J connectivity index is 2.78. The van der Waals surface area contributed by atoms with Crippen molar-refractivity contribution in [2.75, 3.05) is 0 Å². The van der Waals surface area contributed by atoms with E-state index in [0.717, 1.165) is 0 Å². The SMILES string of the molecule is CC(C)(C)C(NC(=O)c1cccs1)C(=O)O. The van der Waals surface area contributed by atoms with Crippen molar-refractivity contribution in [3.63, 3.8) is 0 Å². The summed E-state index contributed by atoms with van der Waals surface area (Å²) in [5, 5.41) is 13.4. The number of hydrogen-bond acceptors (Lipinski definition) is 3. The Morgan fingerprint density at radius 2 is 2.06 bits per heavy atom. The minimum atomic E-state index is -1.02. The van der Waals surface area contributed by atoms with E-state index >= 15 is 0 Å².